The highest BCUT2D eigenvalue weighted by Gasteiger charge is 2.22. The van der Waals surface area contributed by atoms with E-state index in [1.165, 1.54) is 0 Å². The van der Waals surface area contributed by atoms with E-state index < -0.39 is 0 Å². The highest BCUT2D eigenvalue weighted by Crippen LogP contribution is 2.21. The first-order chi connectivity index (χ1) is 7.63. The Labute approximate surface area is 96.6 Å². The number of nitrogens with one attached hydrogen (secondary N) is 1. The maximum atomic E-state index is 5.26. The molecule has 0 saturated carbocycles. The van der Waals surface area contributed by atoms with Crippen LogP contribution in [0.5, 0.6) is 0 Å². The highest BCUT2D eigenvalue weighted by molar-refractivity contribution is 4.98. The highest BCUT2D eigenvalue weighted by atomic mass is 16.5. The molecule has 1 aromatic heterocycles. The van der Waals surface area contributed by atoms with Crippen molar-refractivity contribution in [2.24, 2.45) is 0 Å². The molecule has 92 valence electrons. The summed E-state index contributed by atoms with van der Waals surface area (Å²) in [5.74, 6) is 1.49. The zero-order chi connectivity index (χ0) is 12.1. The van der Waals surface area contributed by atoms with Crippen LogP contribution in [0.3, 0.4) is 0 Å². The summed E-state index contributed by atoms with van der Waals surface area (Å²) in [6.07, 6.45) is 0.764. The molecule has 0 spiro atoms. The van der Waals surface area contributed by atoms with Gasteiger partial charge in [-0.1, -0.05) is 19.0 Å². The minimum absolute atomic E-state index is 0.0745. The average Bonchev–Trinajstić information content (AvgIpc) is 2.78. The van der Waals surface area contributed by atoms with Crippen molar-refractivity contribution in [3.8, 4) is 0 Å². The number of ether oxygens (including phenoxy) is 1. The zero-order valence-electron chi connectivity index (χ0n) is 10.7. The Kier molecular flexibility index (Phi) is 4.89. The van der Waals surface area contributed by atoms with Gasteiger partial charge in [0.1, 0.15) is 6.10 Å². The second kappa shape index (κ2) is 5.96. The lowest BCUT2D eigenvalue weighted by Crippen LogP contribution is -2.27. The molecule has 1 heterocycles. The van der Waals surface area contributed by atoms with Crippen LogP contribution in [-0.2, 0) is 4.74 Å². The van der Waals surface area contributed by atoms with Crippen molar-refractivity contribution in [1.82, 2.24) is 15.5 Å². The molecule has 3 atom stereocenters. The Hall–Kier alpha value is -0.940. The van der Waals surface area contributed by atoms with Crippen molar-refractivity contribution < 1.29 is 9.26 Å². The molecule has 1 N–H and O–H groups in total. The molecule has 0 aromatic carbocycles. The molecule has 0 aliphatic heterocycles. The molecular formula is C11H21N3O2. The van der Waals surface area contributed by atoms with Crippen LogP contribution in [0, 0.1) is 0 Å². The fraction of sp³-hybridized carbons (Fsp3) is 0.818. The molecule has 5 nitrogen and oxygen atoms in total. The topological polar surface area (TPSA) is 60.2 Å². The van der Waals surface area contributed by atoms with Gasteiger partial charge in [0.15, 0.2) is 0 Å². The van der Waals surface area contributed by atoms with Crippen molar-refractivity contribution in [2.75, 3.05) is 14.2 Å². The lowest BCUT2D eigenvalue weighted by atomic mass is 10.0. The summed E-state index contributed by atoms with van der Waals surface area (Å²) in [6.45, 7) is 6.18. The summed E-state index contributed by atoms with van der Waals surface area (Å²) in [4.78, 5) is 4.38. The predicted octanol–water partition coefficient (Wildman–Crippen LogP) is 1.88. The van der Waals surface area contributed by atoms with E-state index in [-0.39, 0.29) is 12.0 Å². The Morgan fingerprint density at radius 1 is 1.44 bits per heavy atom. The lowest BCUT2D eigenvalue weighted by molar-refractivity contribution is 0.0903. The molecule has 3 unspecified atom stereocenters. The van der Waals surface area contributed by atoms with Gasteiger partial charge in [0.25, 0.3) is 0 Å². The van der Waals surface area contributed by atoms with Crippen LogP contribution < -0.4 is 5.32 Å². The van der Waals surface area contributed by atoms with Gasteiger partial charge >= 0.3 is 0 Å². The standard InChI is InChI=1S/C11H21N3O2/c1-6-9(15-5)10-13-11(16-14-10)7(2)8(3)12-4/h7-9,12H,6H2,1-5H3. The monoisotopic (exact) mass is 227 g/mol. The Morgan fingerprint density at radius 3 is 2.62 bits per heavy atom. The first-order valence-electron chi connectivity index (χ1n) is 5.67. The summed E-state index contributed by atoms with van der Waals surface area (Å²) in [6, 6.07) is 0.302. The third-order valence-electron chi connectivity index (χ3n) is 3.00. The van der Waals surface area contributed by atoms with E-state index in [0.29, 0.717) is 17.8 Å². The maximum Gasteiger partial charge on any atom is 0.231 e. The van der Waals surface area contributed by atoms with Crippen LogP contribution in [0.1, 0.15) is 50.9 Å². The van der Waals surface area contributed by atoms with Gasteiger partial charge in [-0.3, -0.25) is 0 Å². The van der Waals surface area contributed by atoms with Crippen LogP contribution in [-0.4, -0.2) is 30.3 Å². The van der Waals surface area contributed by atoms with Gasteiger partial charge in [0.2, 0.25) is 11.7 Å². The van der Waals surface area contributed by atoms with E-state index in [2.05, 4.69) is 29.3 Å². The third-order valence-corrected chi connectivity index (χ3v) is 3.00. The van der Waals surface area contributed by atoms with Crippen LogP contribution >= 0.6 is 0 Å². The van der Waals surface area contributed by atoms with E-state index in [0.717, 1.165) is 6.42 Å². The third kappa shape index (κ3) is 2.80. The summed E-state index contributed by atoms with van der Waals surface area (Å²) < 4.78 is 10.5. The summed E-state index contributed by atoms with van der Waals surface area (Å²) in [5.41, 5.74) is 0. The normalized spacial score (nSPS) is 17.1. The second-order valence-electron chi connectivity index (χ2n) is 3.99. The van der Waals surface area contributed by atoms with Gasteiger partial charge in [0, 0.05) is 13.2 Å². The number of likely N-dealkylation sites (N-methyl/N-ethyl adjacent to an activating group) is 1. The fourth-order valence-corrected chi connectivity index (χ4v) is 1.48. The van der Waals surface area contributed by atoms with Crippen molar-refractivity contribution in [3.05, 3.63) is 11.7 Å². The molecular weight excluding hydrogens is 206 g/mol. The summed E-state index contributed by atoms with van der Waals surface area (Å²) in [5, 5.41) is 7.13. The van der Waals surface area contributed by atoms with Crippen LogP contribution in [0.15, 0.2) is 4.52 Å². The van der Waals surface area contributed by atoms with Gasteiger partial charge in [-0.25, -0.2) is 0 Å². The summed E-state index contributed by atoms with van der Waals surface area (Å²) in [7, 11) is 3.58. The van der Waals surface area contributed by atoms with E-state index in [4.69, 9.17) is 9.26 Å². The quantitative estimate of drug-likeness (QED) is 0.804. The molecule has 1 aromatic rings. The molecule has 0 amide bonds. The van der Waals surface area contributed by atoms with E-state index in [9.17, 15) is 0 Å². The second-order valence-corrected chi connectivity index (χ2v) is 3.99. The smallest absolute Gasteiger partial charge is 0.231 e. The number of nitrogens with zero attached hydrogens (tertiary/aromatic N) is 2. The fourth-order valence-electron chi connectivity index (χ4n) is 1.48. The molecule has 0 aliphatic rings. The van der Waals surface area contributed by atoms with E-state index >= 15 is 0 Å². The van der Waals surface area contributed by atoms with Gasteiger partial charge in [0.05, 0.1) is 5.92 Å². The zero-order valence-corrected chi connectivity index (χ0v) is 10.7. The molecule has 0 bridgehead atoms. The van der Waals surface area contributed by atoms with Crippen LogP contribution in [0.25, 0.3) is 0 Å². The largest absolute Gasteiger partial charge is 0.373 e. The molecule has 0 radical (unpaired) electrons. The summed E-state index contributed by atoms with van der Waals surface area (Å²) >= 11 is 0. The average molecular weight is 227 g/mol. The number of hydrogen-bond donors (Lipinski definition) is 1. The van der Waals surface area contributed by atoms with E-state index in [1.54, 1.807) is 7.11 Å². The van der Waals surface area contributed by atoms with Crippen LogP contribution in [0.2, 0.25) is 0 Å². The first kappa shape index (κ1) is 13.1. The number of rotatable bonds is 6. The Bertz CT molecular complexity index is 310. The minimum Gasteiger partial charge on any atom is -0.373 e. The molecule has 0 fully saturated rings. The van der Waals surface area contributed by atoms with Crippen molar-refractivity contribution >= 4 is 0 Å². The minimum atomic E-state index is -0.0745. The molecule has 1 rings (SSSR count). The Balaban J connectivity index is 2.77. The predicted molar refractivity (Wildman–Crippen MR) is 61.3 cm³/mol. The maximum absolute atomic E-state index is 5.26. The SMILES string of the molecule is CCC(OC)c1noc(C(C)C(C)NC)n1. The molecule has 0 saturated heterocycles. The molecule has 5 heteroatoms. The lowest BCUT2D eigenvalue weighted by Gasteiger charge is -2.14. The van der Waals surface area contributed by atoms with Crippen molar-refractivity contribution in [2.45, 2.75) is 45.3 Å². The van der Waals surface area contributed by atoms with Gasteiger partial charge < -0.3 is 14.6 Å². The van der Waals surface area contributed by atoms with Gasteiger partial charge in [-0.05, 0) is 20.4 Å². The van der Waals surface area contributed by atoms with E-state index in [1.807, 2.05) is 14.0 Å². The Morgan fingerprint density at radius 2 is 2.12 bits per heavy atom. The van der Waals surface area contributed by atoms with Crippen molar-refractivity contribution in [3.63, 3.8) is 0 Å². The first-order valence-corrected chi connectivity index (χ1v) is 5.67. The number of hydrogen-bond acceptors (Lipinski definition) is 5. The van der Waals surface area contributed by atoms with Gasteiger partial charge in [-0.15, -0.1) is 0 Å². The van der Waals surface area contributed by atoms with Crippen molar-refractivity contribution in [1.29, 1.82) is 0 Å². The molecule has 16 heavy (non-hydrogen) atoms. The number of methoxy groups -OCH3 is 1. The van der Waals surface area contributed by atoms with Crippen LogP contribution in [0.4, 0.5) is 0 Å². The molecule has 0 aliphatic carbocycles. The van der Waals surface area contributed by atoms with Gasteiger partial charge in [-0.2, -0.15) is 4.98 Å². The number of aromatic nitrogens is 2.